The third-order valence-corrected chi connectivity index (χ3v) is 7.11. The number of phenolic OH excluding ortho intramolecular Hbond substituents is 1. The SMILES string of the molecule is C[C@H](NC(=O)[C@@H]1CCCN1C(=O)[C@H](CC(=O)O)NC(=O)[C@@H](N)Cc1ccc(O)cc1)C(=O)N1CCC[C@H]1C(=O)O. The molecule has 2 saturated heterocycles. The minimum Gasteiger partial charge on any atom is -0.508 e. The van der Waals surface area contributed by atoms with Crippen molar-refractivity contribution in [3.63, 3.8) is 0 Å². The number of benzene rings is 1. The molecule has 14 nitrogen and oxygen atoms in total. The van der Waals surface area contributed by atoms with Crippen LogP contribution >= 0.6 is 0 Å². The van der Waals surface area contributed by atoms with Gasteiger partial charge in [0.2, 0.25) is 23.6 Å². The lowest BCUT2D eigenvalue weighted by atomic mass is 10.0. The predicted molar refractivity (Wildman–Crippen MR) is 139 cm³/mol. The van der Waals surface area contributed by atoms with Crippen LogP contribution in [0.3, 0.4) is 0 Å². The standard InChI is InChI=1S/C26H35N5O9/c1-14(24(37)31-11-3-5-20(31)26(39)40)28-23(36)19-4-2-10-30(19)25(38)18(13-21(33)34)29-22(35)17(27)12-15-6-8-16(32)9-7-15/h6-9,14,17-20,32H,2-5,10-13,27H2,1H3,(H,28,36)(H,29,35)(H,33,34)(H,39,40)/t14-,17-,18-,19-,20-/m0/s1. The van der Waals surface area contributed by atoms with E-state index in [4.69, 9.17) is 5.73 Å². The van der Waals surface area contributed by atoms with Crippen LogP contribution in [-0.2, 0) is 35.2 Å². The van der Waals surface area contributed by atoms with Gasteiger partial charge in [0, 0.05) is 13.1 Å². The summed E-state index contributed by atoms with van der Waals surface area (Å²) in [4.78, 5) is 77.3. The largest absolute Gasteiger partial charge is 0.508 e. The fourth-order valence-electron chi connectivity index (χ4n) is 5.04. The highest BCUT2D eigenvalue weighted by Gasteiger charge is 2.41. The van der Waals surface area contributed by atoms with Crippen LogP contribution in [0.2, 0.25) is 0 Å². The number of nitrogens with two attached hydrogens (primary N) is 1. The number of carboxylic acids is 2. The van der Waals surface area contributed by atoms with E-state index < -0.39 is 72.2 Å². The molecule has 0 unspecified atom stereocenters. The molecular formula is C26H35N5O9. The summed E-state index contributed by atoms with van der Waals surface area (Å²) in [6.45, 7) is 1.83. The fraction of sp³-hybridized carbons (Fsp3) is 0.538. The van der Waals surface area contributed by atoms with Crippen LogP contribution in [0, 0.1) is 0 Å². The molecular weight excluding hydrogens is 526 g/mol. The summed E-state index contributed by atoms with van der Waals surface area (Å²) in [7, 11) is 0. The number of carbonyl (C=O) groups excluding carboxylic acids is 4. The molecule has 5 atom stereocenters. The van der Waals surface area contributed by atoms with Gasteiger partial charge in [0.15, 0.2) is 0 Å². The number of phenols is 1. The van der Waals surface area contributed by atoms with Gasteiger partial charge >= 0.3 is 11.9 Å². The number of hydrogen-bond donors (Lipinski definition) is 6. The number of rotatable bonds is 11. The first-order valence-corrected chi connectivity index (χ1v) is 13.1. The summed E-state index contributed by atoms with van der Waals surface area (Å²) in [6, 6.07) is 0.409. The van der Waals surface area contributed by atoms with Crippen molar-refractivity contribution in [2.45, 2.75) is 75.7 Å². The fourth-order valence-corrected chi connectivity index (χ4v) is 5.04. The van der Waals surface area contributed by atoms with E-state index in [9.17, 15) is 44.1 Å². The van der Waals surface area contributed by atoms with Gasteiger partial charge in [0.25, 0.3) is 0 Å². The lowest BCUT2D eigenvalue weighted by molar-refractivity contribution is -0.149. The maximum atomic E-state index is 13.4. The van der Waals surface area contributed by atoms with Gasteiger partial charge in [-0.3, -0.25) is 24.0 Å². The number of carbonyl (C=O) groups is 6. The summed E-state index contributed by atoms with van der Waals surface area (Å²) in [5, 5.41) is 33.1. The second kappa shape index (κ2) is 13.2. The lowest BCUT2D eigenvalue weighted by Gasteiger charge is -2.30. The molecule has 1 aromatic rings. The van der Waals surface area contributed by atoms with E-state index in [-0.39, 0.29) is 31.7 Å². The molecule has 0 spiro atoms. The molecule has 0 saturated carbocycles. The van der Waals surface area contributed by atoms with Crippen LogP contribution in [0.1, 0.15) is 44.6 Å². The number of aliphatic carboxylic acids is 2. The van der Waals surface area contributed by atoms with Crippen molar-refractivity contribution in [2.75, 3.05) is 13.1 Å². The molecule has 7 N–H and O–H groups in total. The number of hydrogen-bond acceptors (Lipinski definition) is 8. The second-order valence-corrected chi connectivity index (χ2v) is 10.1. The average Bonchev–Trinajstić information content (AvgIpc) is 3.58. The van der Waals surface area contributed by atoms with Gasteiger partial charge in [-0.25, -0.2) is 4.79 Å². The molecule has 0 bridgehead atoms. The summed E-state index contributed by atoms with van der Waals surface area (Å²) in [6.07, 6.45) is 0.884. The normalized spacial score (nSPS) is 20.9. The van der Waals surface area contributed by atoms with Crippen molar-refractivity contribution in [1.29, 1.82) is 0 Å². The third kappa shape index (κ3) is 7.46. The topological polar surface area (TPSA) is 220 Å². The Labute approximate surface area is 230 Å². The van der Waals surface area contributed by atoms with E-state index in [2.05, 4.69) is 10.6 Å². The zero-order valence-electron chi connectivity index (χ0n) is 22.1. The van der Waals surface area contributed by atoms with Crippen molar-refractivity contribution in [3.8, 4) is 5.75 Å². The summed E-state index contributed by atoms with van der Waals surface area (Å²) < 4.78 is 0. The van der Waals surface area contributed by atoms with Crippen molar-refractivity contribution in [1.82, 2.24) is 20.4 Å². The number of carboxylic acid groups (broad SMARTS) is 2. The molecule has 40 heavy (non-hydrogen) atoms. The summed E-state index contributed by atoms with van der Waals surface area (Å²) in [5.74, 6) is -5.14. The first-order valence-electron chi connectivity index (χ1n) is 13.1. The zero-order chi connectivity index (χ0) is 29.6. The van der Waals surface area contributed by atoms with E-state index in [1.54, 1.807) is 12.1 Å². The number of amides is 4. The van der Waals surface area contributed by atoms with Gasteiger partial charge in [-0.05, 0) is 56.7 Å². The van der Waals surface area contributed by atoms with Gasteiger partial charge in [0.1, 0.15) is 29.9 Å². The number of aromatic hydroxyl groups is 1. The molecule has 2 heterocycles. The minimum atomic E-state index is -1.48. The van der Waals surface area contributed by atoms with Crippen molar-refractivity contribution in [2.24, 2.45) is 5.73 Å². The average molecular weight is 562 g/mol. The van der Waals surface area contributed by atoms with Crippen LogP contribution in [0.15, 0.2) is 24.3 Å². The lowest BCUT2D eigenvalue weighted by Crippen LogP contribution is -2.58. The Bertz CT molecular complexity index is 1140. The van der Waals surface area contributed by atoms with Crippen molar-refractivity contribution in [3.05, 3.63) is 29.8 Å². The third-order valence-electron chi connectivity index (χ3n) is 7.11. The Morgan fingerprint density at radius 2 is 1.50 bits per heavy atom. The van der Waals surface area contributed by atoms with Crippen LogP contribution in [0.5, 0.6) is 5.75 Å². The molecule has 2 fully saturated rings. The highest BCUT2D eigenvalue weighted by Crippen LogP contribution is 2.21. The first kappa shape index (κ1) is 30.3. The Morgan fingerprint density at radius 3 is 2.08 bits per heavy atom. The second-order valence-electron chi connectivity index (χ2n) is 10.1. The van der Waals surface area contributed by atoms with E-state index >= 15 is 0 Å². The summed E-state index contributed by atoms with van der Waals surface area (Å²) in [5.41, 5.74) is 6.62. The zero-order valence-corrected chi connectivity index (χ0v) is 22.1. The van der Waals surface area contributed by atoms with E-state index in [0.717, 1.165) is 0 Å². The maximum Gasteiger partial charge on any atom is 0.326 e. The minimum absolute atomic E-state index is 0.0392. The predicted octanol–water partition coefficient (Wildman–Crippen LogP) is -1.21. The Kier molecular flexibility index (Phi) is 10.0. The van der Waals surface area contributed by atoms with Gasteiger partial charge in [-0.2, -0.15) is 0 Å². The highest BCUT2D eigenvalue weighted by atomic mass is 16.4. The monoisotopic (exact) mass is 561 g/mol. The number of likely N-dealkylation sites (tertiary alicyclic amines) is 2. The number of nitrogens with one attached hydrogen (secondary N) is 2. The van der Waals surface area contributed by atoms with Gasteiger partial charge in [-0.1, -0.05) is 12.1 Å². The maximum absolute atomic E-state index is 13.4. The molecule has 218 valence electrons. The molecule has 3 rings (SSSR count). The quantitative estimate of drug-likeness (QED) is 0.189. The van der Waals surface area contributed by atoms with Crippen LogP contribution < -0.4 is 16.4 Å². The van der Waals surface area contributed by atoms with Crippen LogP contribution in [0.25, 0.3) is 0 Å². The molecule has 2 aliphatic heterocycles. The molecule has 1 aromatic carbocycles. The molecule has 0 aliphatic carbocycles. The van der Waals surface area contributed by atoms with Gasteiger partial charge in [-0.15, -0.1) is 0 Å². The smallest absolute Gasteiger partial charge is 0.326 e. The van der Waals surface area contributed by atoms with Crippen molar-refractivity contribution >= 4 is 35.6 Å². The number of nitrogens with zero attached hydrogens (tertiary/aromatic N) is 2. The Hall–Kier alpha value is -4.20. The van der Waals surface area contributed by atoms with Gasteiger partial charge in [0.05, 0.1) is 12.5 Å². The molecule has 14 heteroatoms. The van der Waals surface area contributed by atoms with Crippen LogP contribution in [0.4, 0.5) is 0 Å². The highest BCUT2D eigenvalue weighted by molar-refractivity contribution is 5.97. The van der Waals surface area contributed by atoms with E-state index in [1.807, 2.05) is 0 Å². The van der Waals surface area contributed by atoms with Crippen molar-refractivity contribution < 1.29 is 44.1 Å². The molecule has 0 aromatic heterocycles. The Balaban J connectivity index is 1.65. The first-order chi connectivity index (χ1) is 18.9. The Morgan fingerprint density at radius 1 is 0.925 bits per heavy atom. The van der Waals surface area contributed by atoms with E-state index in [0.29, 0.717) is 24.8 Å². The molecule has 4 amide bonds. The van der Waals surface area contributed by atoms with Gasteiger partial charge < -0.3 is 41.5 Å². The summed E-state index contributed by atoms with van der Waals surface area (Å²) >= 11 is 0. The molecule has 0 radical (unpaired) electrons. The van der Waals surface area contributed by atoms with E-state index in [1.165, 1.54) is 28.9 Å². The molecule has 2 aliphatic rings. The van der Waals surface area contributed by atoms with Crippen LogP contribution in [-0.4, -0.2) is 104 Å².